The molecule has 0 aliphatic rings. The van der Waals surface area contributed by atoms with Crippen LogP contribution in [0.2, 0.25) is 0 Å². The summed E-state index contributed by atoms with van der Waals surface area (Å²) in [5.74, 6) is 0. The second-order valence-electron chi connectivity index (χ2n) is 6.89. The van der Waals surface area contributed by atoms with E-state index in [4.69, 9.17) is 9.47 Å². The molecule has 0 saturated heterocycles. The van der Waals surface area contributed by atoms with E-state index in [-0.39, 0.29) is 39.0 Å². The van der Waals surface area contributed by atoms with Gasteiger partial charge >= 0.3 is 0 Å². The minimum Gasteiger partial charge on any atom is -0.377 e. The average Bonchev–Trinajstić information content (AvgIpc) is 2.73. The zero-order valence-electron chi connectivity index (χ0n) is 17.4. The van der Waals surface area contributed by atoms with Crippen molar-refractivity contribution in [1.82, 2.24) is 5.32 Å². The van der Waals surface area contributed by atoms with Gasteiger partial charge in [0.05, 0.1) is 44.8 Å². The molecule has 0 heterocycles. The summed E-state index contributed by atoms with van der Waals surface area (Å²) in [4.78, 5) is 0. The molecule has 2 rings (SSSR count). The number of halogens is 1. The predicted octanol–water partition coefficient (Wildman–Crippen LogP) is 3.10. The van der Waals surface area contributed by atoms with Gasteiger partial charge < -0.3 is 14.8 Å². The molecule has 166 valence electrons. The summed E-state index contributed by atoms with van der Waals surface area (Å²) in [5, 5.41) is 3.31. The molecular weight excluding hydrogens is 409 g/mol. The standard InChI is InChI=1S/C22H30FNO5S/c1-18(28-15-13-27-14-16-29-30(2,25)26)21(23)17-24-22(19-9-5-3-6-10-19)20-11-7-4-8-12-20/h3-12,18,21-22,24H,13-17H2,1-2H3. The lowest BCUT2D eigenvalue weighted by Crippen LogP contribution is -2.36. The van der Waals surface area contributed by atoms with Crippen LogP contribution in [0.1, 0.15) is 24.1 Å². The number of hydrogen-bond donors (Lipinski definition) is 1. The second-order valence-corrected chi connectivity index (χ2v) is 8.54. The monoisotopic (exact) mass is 439 g/mol. The molecule has 0 amide bonds. The maximum Gasteiger partial charge on any atom is 0.264 e. The summed E-state index contributed by atoms with van der Waals surface area (Å²) in [7, 11) is -3.46. The molecule has 0 aromatic heterocycles. The second kappa shape index (κ2) is 12.8. The van der Waals surface area contributed by atoms with Gasteiger partial charge in [0, 0.05) is 6.54 Å². The molecule has 0 aliphatic heterocycles. The van der Waals surface area contributed by atoms with Crippen LogP contribution >= 0.6 is 0 Å². The molecule has 2 atom stereocenters. The van der Waals surface area contributed by atoms with Crippen LogP contribution in [0.4, 0.5) is 4.39 Å². The minimum absolute atomic E-state index is 0.0512. The molecule has 0 radical (unpaired) electrons. The topological polar surface area (TPSA) is 73.9 Å². The molecule has 0 bridgehead atoms. The molecule has 0 fully saturated rings. The van der Waals surface area contributed by atoms with E-state index in [1.807, 2.05) is 60.7 Å². The van der Waals surface area contributed by atoms with Crippen LogP contribution in [-0.4, -0.2) is 59.9 Å². The maximum atomic E-state index is 14.6. The van der Waals surface area contributed by atoms with Crippen LogP contribution < -0.4 is 5.32 Å². The number of alkyl halides is 1. The van der Waals surface area contributed by atoms with E-state index >= 15 is 0 Å². The van der Waals surface area contributed by atoms with Crippen LogP contribution in [0.3, 0.4) is 0 Å². The smallest absolute Gasteiger partial charge is 0.264 e. The lowest BCUT2D eigenvalue weighted by Gasteiger charge is -2.23. The van der Waals surface area contributed by atoms with Gasteiger partial charge in [-0.15, -0.1) is 0 Å². The van der Waals surface area contributed by atoms with E-state index in [1.165, 1.54) is 0 Å². The number of ether oxygens (including phenoxy) is 2. The molecule has 0 saturated carbocycles. The molecular formula is C22H30FNO5S. The van der Waals surface area contributed by atoms with Crippen molar-refractivity contribution in [1.29, 1.82) is 0 Å². The highest BCUT2D eigenvalue weighted by Gasteiger charge is 2.20. The normalized spacial score (nSPS) is 14.0. The van der Waals surface area contributed by atoms with Gasteiger partial charge in [0.25, 0.3) is 10.1 Å². The van der Waals surface area contributed by atoms with Crippen molar-refractivity contribution in [3.05, 3.63) is 71.8 Å². The van der Waals surface area contributed by atoms with Crippen molar-refractivity contribution in [2.45, 2.75) is 25.2 Å². The molecule has 2 aromatic rings. The lowest BCUT2D eigenvalue weighted by atomic mass is 9.98. The van der Waals surface area contributed by atoms with Gasteiger partial charge in [-0.1, -0.05) is 60.7 Å². The summed E-state index contributed by atoms with van der Waals surface area (Å²) in [5.41, 5.74) is 2.13. The Hall–Kier alpha value is -1.84. The summed E-state index contributed by atoms with van der Waals surface area (Å²) in [6.07, 6.45) is -0.832. The predicted molar refractivity (Wildman–Crippen MR) is 115 cm³/mol. The van der Waals surface area contributed by atoms with Gasteiger partial charge in [-0.25, -0.2) is 4.39 Å². The van der Waals surface area contributed by atoms with E-state index in [0.717, 1.165) is 17.4 Å². The Kier molecular flexibility index (Phi) is 10.4. The van der Waals surface area contributed by atoms with Crippen molar-refractivity contribution in [2.24, 2.45) is 0 Å². The van der Waals surface area contributed by atoms with Gasteiger partial charge in [0.15, 0.2) is 0 Å². The molecule has 2 aromatic carbocycles. The number of hydrogen-bond acceptors (Lipinski definition) is 6. The Morgan fingerprint density at radius 3 is 1.97 bits per heavy atom. The maximum absolute atomic E-state index is 14.6. The van der Waals surface area contributed by atoms with Gasteiger partial charge in [-0.05, 0) is 18.1 Å². The largest absolute Gasteiger partial charge is 0.377 e. The first-order valence-electron chi connectivity index (χ1n) is 9.88. The first-order chi connectivity index (χ1) is 14.4. The summed E-state index contributed by atoms with van der Waals surface area (Å²) < 4.78 is 51.6. The molecule has 2 unspecified atom stereocenters. The highest BCUT2D eigenvalue weighted by atomic mass is 32.2. The van der Waals surface area contributed by atoms with Crippen molar-refractivity contribution in [3.63, 3.8) is 0 Å². The first kappa shape index (κ1) is 24.4. The number of rotatable bonds is 14. The Morgan fingerprint density at radius 2 is 1.43 bits per heavy atom. The highest BCUT2D eigenvalue weighted by Crippen LogP contribution is 2.22. The van der Waals surface area contributed by atoms with Gasteiger partial charge in [-0.2, -0.15) is 8.42 Å². The number of benzene rings is 2. The van der Waals surface area contributed by atoms with E-state index in [1.54, 1.807) is 6.92 Å². The fourth-order valence-electron chi connectivity index (χ4n) is 2.86. The highest BCUT2D eigenvalue weighted by molar-refractivity contribution is 7.85. The van der Waals surface area contributed by atoms with Gasteiger partial charge in [0.1, 0.15) is 6.17 Å². The van der Waals surface area contributed by atoms with Crippen LogP contribution in [0, 0.1) is 0 Å². The summed E-state index contributed by atoms with van der Waals surface area (Å²) in [6, 6.07) is 19.7. The van der Waals surface area contributed by atoms with Crippen LogP contribution in [0.15, 0.2) is 60.7 Å². The molecule has 8 heteroatoms. The summed E-state index contributed by atoms with van der Waals surface area (Å²) in [6.45, 7) is 2.33. The van der Waals surface area contributed by atoms with Crippen LogP contribution in [-0.2, 0) is 23.8 Å². The third-order valence-corrected chi connectivity index (χ3v) is 5.02. The van der Waals surface area contributed by atoms with Crippen LogP contribution in [0.25, 0.3) is 0 Å². The van der Waals surface area contributed by atoms with Crippen molar-refractivity contribution < 1.29 is 26.5 Å². The third kappa shape index (κ3) is 9.32. The fraction of sp³-hybridized carbons (Fsp3) is 0.455. The lowest BCUT2D eigenvalue weighted by molar-refractivity contribution is -0.0242. The Labute approximate surface area is 178 Å². The SMILES string of the molecule is CC(OCCOCCOS(C)(=O)=O)C(F)CNC(c1ccccc1)c1ccccc1. The van der Waals surface area contributed by atoms with E-state index < -0.39 is 22.4 Å². The van der Waals surface area contributed by atoms with Gasteiger partial charge in [-0.3, -0.25) is 4.18 Å². The van der Waals surface area contributed by atoms with Gasteiger partial charge in [0.2, 0.25) is 0 Å². The van der Waals surface area contributed by atoms with Crippen molar-refractivity contribution in [3.8, 4) is 0 Å². The molecule has 1 N–H and O–H groups in total. The minimum atomic E-state index is -3.46. The first-order valence-corrected chi connectivity index (χ1v) is 11.7. The number of nitrogens with one attached hydrogen (secondary N) is 1. The Balaban J connectivity index is 1.75. The third-order valence-electron chi connectivity index (χ3n) is 4.43. The summed E-state index contributed by atoms with van der Waals surface area (Å²) >= 11 is 0. The molecule has 0 aliphatic carbocycles. The Bertz CT molecular complexity index is 780. The van der Waals surface area contributed by atoms with Crippen molar-refractivity contribution >= 4 is 10.1 Å². The fourth-order valence-corrected chi connectivity index (χ4v) is 3.23. The van der Waals surface area contributed by atoms with E-state index in [2.05, 4.69) is 9.50 Å². The van der Waals surface area contributed by atoms with Crippen molar-refractivity contribution in [2.75, 3.05) is 39.2 Å². The molecule has 30 heavy (non-hydrogen) atoms. The quantitative estimate of drug-likeness (QED) is 0.360. The average molecular weight is 440 g/mol. The van der Waals surface area contributed by atoms with E-state index in [0.29, 0.717) is 0 Å². The zero-order valence-corrected chi connectivity index (χ0v) is 18.2. The molecule has 6 nitrogen and oxygen atoms in total. The zero-order chi connectivity index (χ0) is 21.8. The van der Waals surface area contributed by atoms with Crippen LogP contribution in [0.5, 0.6) is 0 Å². The van der Waals surface area contributed by atoms with E-state index in [9.17, 15) is 12.8 Å². The Morgan fingerprint density at radius 1 is 0.900 bits per heavy atom. The molecule has 0 spiro atoms.